The highest BCUT2D eigenvalue weighted by Crippen LogP contribution is 2.27. The van der Waals surface area contributed by atoms with Crippen LogP contribution < -0.4 is 25.0 Å². The number of piperidine rings is 1. The lowest BCUT2D eigenvalue weighted by atomic mass is 10.1. The zero-order valence-corrected chi connectivity index (χ0v) is 19.0. The summed E-state index contributed by atoms with van der Waals surface area (Å²) in [7, 11) is 3.31. The molecule has 0 aliphatic carbocycles. The van der Waals surface area contributed by atoms with Gasteiger partial charge in [-0.2, -0.15) is 0 Å². The van der Waals surface area contributed by atoms with E-state index < -0.39 is 0 Å². The van der Waals surface area contributed by atoms with Crippen LogP contribution in [0.2, 0.25) is 0 Å². The molecule has 1 fully saturated rings. The first-order valence-electron chi connectivity index (χ1n) is 11.2. The van der Waals surface area contributed by atoms with Crippen molar-refractivity contribution in [3.8, 4) is 11.5 Å². The van der Waals surface area contributed by atoms with Crippen molar-refractivity contribution in [2.45, 2.75) is 39.2 Å². The lowest BCUT2D eigenvalue weighted by Crippen LogP contribution is -2.38. The Hall–Kier alpha value is -2.96. The minimum absolute atomic E-state index is 0.620. The van der Waals surface area contributed by atoms with E-state index in [4.69, 9.17) is 14.5 Å². The van der Waals surface area contributed by atoms with Crippen LogP contribution in [-0.4, -0.2) is 51.3 Å². The van der Waals surface area contributed by atoms with Crippen LogP contribution in [0.1, 0.15) is 37.3 Å². The number of methoxy groups -OCH3 is 2. The van der Waals surface area contributed by atoms with Gasteiger partial charge in [0.2, 0.25) is 0 Å². The van der Waals surface area contributed by atoms with Gasteiger partial charge in [-0.15, -0.1) is 0 Å². The van der Waals surface area contributed by atoms with Crippen molar-refractivity contribution in [2.24, 2.45) is 4.99 Å². The fourth-order valence-corrected chi connectivity index (χ4v) is 3.73. The number of hydrogen-bond acceptors (Lipinski definition) is 5. The van der Waals surface area contributed by atoms with Crippen molar-refractivity contribution in [3.05, 3.63) is 47.7 Å². The largest absolute Gasteiger partial charge is 0.493 e. The van der Waals surface area contributed by atoms with Gasteiger partial charge < -0.3 is 25.0 Å². The summed E-state index contributed by atoms with van der Waals surface area (Å²) in [6.45, 7) is 6.48. The second kappa shape index (κ2) is 12.0. The van der Waals surface area contributed by atoms with Gasteiger partial charge in [0.05, 0.1) is 20.8 Å². The summed E-state index contributed by atoms with van der Waals surface area (Å²) in [5.41, 5.74) is 2.36. The van der Waals surface area contributed by atoms with Gasteiger partial charge in [0.15, 0.2) is 17.5 Å². The van der Waals surface area contributed by atoms with Gasteiger partial charge in [-0.05, 0) is 68.0 Å². The molecule has 0 amide bonds. The van der Waals surface area contributed by atoms with E-state index in [9.17, 15) is 0 Å². The SMILES string of the molecule is CCNC(=NCc1ccnc(N2CCCCC2)c1)NCCc1ccc(OC)c(OC)c1. The Morgan fingerprint density at radius 1 is 1.00 bits per heavy atom. The third-order valence-electron chi connectivity index (χ3n) is 5.41. The molecule has 2 aromatic rings. The smallest absolute Gasteiger partial charge is 0.191 e. The van der Waals surface area contributed by atoms with Crippen LogP contribution in [-0.2, 0) is 13.0 Å². The summed E-state index contributed by atoms with van der Waals surface area (Å²) < 4.78 is 10.7. The summed E-state index contributed by atoms with van der Waals surface area (Å²) in [5.74, 6) is 3.39. The minimum atomic E-state index is 0.620. The van der Waals surface area contributed by atoms with Crippen LogP contribution in [0.15, 0.2) is 41.5 Å². The van der Waals surface area contributed by atoms with Gasteiger partial charge in [-0.25, -0.2) is 9.98 Å². The summed E-state index contributed by atoms with van der Waals surface area (Å²) in [6.07, 6.45) is 6.57. The van der Waals surface area contributed by atoms with Gasteiger partial charge in [0, 0.05) is 32.4 Å². The lowest BCUT2D eigenvalue weighted by Gasteiger charge is -2.27. The molecule has 1 aliphatic heterocycles. The molecule has 0 radical (unpaired) electrons. The van der Waals surface area contributed by atoms with Crippen molar-refractivity contribution in [3.63, 3.8) is 0 Å². The molecule has 1 aromatic heterocycles. The third kappa shape index (κ3) is 6.77. The van der Waals surface area contributed by atoms with Crippen LogP contribution >= 0.6 is 0 Å². The number of aromatic nitrogens is 1. The molecular weight excluding hydrogens is 390 g/mol. The van der Waals surface area contributed by atoms with Gasteiger partial charge in [-0.3, -0.25) is 0 Å². The first kappa shape index (κ1) is 22.7. The molecule has 0 saturated carbocycles. The normalized spacial score (nSPS) is 14.3. The summed E-state index contributed by atoms with van der Waals surface area (Å²) in [4.78, 5) is 11.7. The summed E-state index contributed by atoms with van der Waals surface area (Å²) >= 11 is 0. The summed E-state index contributed by atoms with van der Waals surface area (Å²) in [5, 5.41) is 6.75. The average molecular weight is 426 g/mol. The molecule has 0 unspecified atom stereocenters. The Morgan fingerprint density at radius 2 is 1.81 bits per heavy atom. The Bertz CT molecular complexity index is 850. The van der Waals surface area contributed by atoms with E-state index in [2.05, 4.69) is 39.6 Å². The second-order valence-corrected chi connectivity index (χ2v) is 7.63. The first-order valence-corrected chi connectivity index (χ1v) is 11.2. The molecule has 0 bridgehead atoms. The van der Waals surface area contributed by atoms with Crippen molar-refractivity contribution in [1.82, 2.24) is 15.6 Å². The maximum absolute atomic E-state index is 5.39. The van der Waals surface area contributed by atoms with Gasteiger partial charge in [-0.1, -0.05) is 6.07 Å². The third-order valence-corrected chi connectivity index (χ3v) is 5.41. The van der Waals surface area contributed by atoms with Crippen molar-refractivity contribution < 1.29 is 9.47 Å². The number of anilines is 1. The van der Waals surface area contributed by atoms with Gasteiger partial charge >= 0.3 is 0 Å². The van der Waals surface area contributed by atoms with Crippen molar-refractivity contribution >= 4 is 11.8 Å². The molecule has 0 spiro atoms. The Labute approximate surface area is 185 Å². The number of nitrogens with zero attached hydrogens (tertiary/aromatic N) is 3. The highest BCUT2D eigenvalue weighted by molar-refractivity contribution is 5.79. The average Bonchev–Trinajstić information content (AvgIpc) is 2.83. The minimum Gasteiger partial charge on any atom is -0.493 e. The molecule has 1 aliphatic rings. The molecule has 0 atom stereocenters. The van der Waals surface area contributed by atoms with E-state index in [1.165, 1.54) is 30.4 Å². The summed E-state index contributed by atoms with van der Waals surface area (Å²) in [6, 6.07) is 10.2. The Kier molecular flexibility index (Phi) is 8.82. The van der Waals surface area contributed by atoms with Gasteiger partial charge in [0.1, 0.15) is 5.82 Å². The van der Waals surface area contributed by atoms with E-state index in [-0.39, 0.29) is 0 Å². The molecule has 31 heavy (non-hydrogen) atoms. The van der Waals surface area contributed by atoms with E-state index in [1.807, 2.05) is 24.4 Å². The zero-order chi connectivity index (χ0) is 21.9. The predicted octanol–water partition coefficient (Wildman–Crippen LogP) is 3.39. The van der Waals surface area contributed by atoms with Crippen LogP contribution in [0, 0.1) is 0 Å². The molecule has 168 valence electrons. The number of pyridine rings is 1. The highest BCUT2D eigenvalue weighted by Gasteiger charge is 2.12. The molecule has 2 N–H and O–H groups in total. The number of aliphatic imine (C=N–C) groups is 1. The monoisotopic (exact) mass is 425 g/mol. The number of hydrogen-bond donors (Lipinski definition) is 2. The quantitative estimate of drug-likeness (QED) is 0.474. The van der Waals surface area contributed by atoms with Crippen LogP contribution in [0.3, 0.4) is 0 Å². The van der Waals surface area contributed by atoms with E-state index in [0.717, 1.165) is 55.9 Å². The Balaban J connectivity index is 1.56. The van der Waals surface area contributed by atoms with Crippen LogP contribution in [0.4, 0.5) is 5.82 Å². The maximum atomic E-state index is 5.39. The predicted molar refractivity (Wildman–Crippen MR) is 126 cm³/mol. The number of guanidine groups is 1. The fraction of sp³-hybridized carbons (Fsp3) is 0.500. The Morgan fingerprint density at radius 3 is 2.55 bits per heavy atom. The highest BCUT2D eigenvalue weighted by atomic mass is 16.5. The maximum Gasteiger partial charge on any atom is 0.191 e. The van der Waals surface area contributed by atoms with Crippen molar-refractivity contribution in [1.29, 1.82) is 0 Å². The standard InChI is InChI=1S/C24H35N5O2/c1-4-25-24(27-13-10-19-8-9-21(30-2)22(16-19)31-3)28-18-20-11-12-26-23(17-20)29-14-6-5-7-15-29/h8-9,11-12,16-17H,4-7,10,13-15,18H2,1-3H3,(H2,25,27,28). The topological polar surface area (TPSA) is 71.0 Å². The first-order chi connectivity index (χ1) is 15.2. The number of ether oxygens (including phenoxy) is 2. The second-order valence-electron chi connectivity index (χ2n) is 7.63. The number of rotatable bonds is 9. The molecule has 1 saturated heterocycles. The van der Waals surface area contributed by atoms with E-state index in [0.29, 0.717) is 6.54 Å². The van der Waals surface area contributed by atoms with Crippen LogP contribution in [0.5, 0.6) is 11.5 Å². The molecular formula is C24H35N5O2. The number of nitrogens with one attached hydrogen (secondary N) is 2. The van der Waals surface area contributed by atoms with E-state index >= 15 is 0 Å². The molecule has 7 heteroatoms. The van der Waals surface area contributed by atoms with Crippen LogP contribution in [0.25, 0.3) is 0 Å². The molecule has 1 aromatic carbocycles. The molecule has 7 nitrogen and oxygen atoms in total. The lowest BCUT2D eigenvalue weighted by molar-refractivity contribution is 0.354. The van der Waals surface area contributed by atoms with E-state index in [1.54, 1.807) is 14.2 Å². The van der Waals surface area contributed by atoms with Crippen molar-refractivity contribution in [2.75, 3.05) is 45.3 Å². The number of benzene rings is 1. The fourth-order valence-electron chi connectivity index (χ4n) is 3.73. The zero-order valence-electron chi connectivity index (χ0n) is 19.0. The van der Waals surface area contributed by atoms with Gasteiger partial charge in [0.25, 0.3) is 0 Å². The molecule has 3 rings (SSSR count). The molecule has 2 heterocycles.